The number of carbonyl (C=O) groups excluding carboxylic acids is 2. The minimum atomic E-state index is -0.0479. The van der Waals surface area contributed by atoms with Gasteiger partial charge in [0, 0.05) is 51.8 Å². The normalized spacial score (nSPS) is 19.3. The molecular formula is C23H29N5O3. The number of amides is 2. The van der Waals surface area contributed by atoms with E-state index in [1.165, 1.54) is 0 Å². The van der Waals surface area contributed by atoms with E-state index in [4.69, 9.17) is 4.74 Å². The van der Waals surface area contributed by atoms with Crippen LogP contribution in [0.1, 0.15) is 19.8 Å². The zero-order valence-electron chi connectivity index (χ0n) is 18.2. The molecule has 0 bridgehead atoms. The summed E-state index contributed by atoms with van der Waals surface area (Å²) >= 11 is 0. The van der Waals surface area contributed by atoms with Gasteiger partial charge in [0.25, 0.3) is 0 Å². The van der Waals surface area contributed by atoms with Crippen LogP contribution in [-0.2, 0) is 9.59 Å². The van der Waals surface area contributed by atoms with Crippen molar-refractivity contribution in [3.8, 4) is 17.0 Å². The van der Waals surface area contributed by atoms with Gasteiger partial charge < -0.3 is 19.4 Å². The van der Waals surface area contributed by atoms with Crippen molar-refractivity contribution in [2.24, 2.45) is 5.92 Å². The third-order valence-electron chi connectivity index (χ3n) is 6.16. The number of piperidine rings is 1. The van der Waals surface area contributed by atoms with Crippen LogP contribution in [0.3, 0.4) is 0 Å². The Labute approximate surface area is 182 Å². The Kier molecular flexibility index (Phi) is 6.34. The Morgan fingerprint density at radius 1 is 0.968 bits per heavy atom. The SMILES string of the molecule is COc1ccccc1-c1ccc(N2CCCC(C(=O)N3CCN(C(C)=O)CC3)C2)nn1. The molecule has 1 aromatic carbocycles. The molecule has 164 valence electrons. The van der Waals surface area contributed by atoms with Crippen LogP contribution in [0.25, 0.3) is 11.3 Å². The average molecular weight is 424 g/mol. The van der Waals surface area contributed by atoms with Crippen LogP contribution >= 0.6 is 0 Å². The van der Waals surface area contributed by atoms with E-state index in [0.29, 0.717) is 32.7 Å². The largest absolute Gasteiger partial charge is 0.496 e. The summed E-state index contributed by atoms with van der Waals surface area (Å²) in [6, 6.07) is 11.7. The van der Waals surface area contributed by atoms with Crippen molar-refractivity contribution in [3.63, 3.8) is 0 Å². The number of hydrogen-bond donors (Lipinski definition) is 0. The fourth-order valence-corrected chi connectivity index (χ4v) is 4.38. The van der Waals surface area contributed by atoms with Crippen molar-refractivity contribution in [1.82, 2.24) is 20.0 Å². The topological polar surface area (TPSA) is 78.9 Å². The van der Waals surface area contributed by atoms with Crippen molar-refractivity contribution in [2.45, 2.75) is 19.8 Å². The molecule has 2 fully saturated rings. The number of hydrogen-bond acceptors (Lipinski definition) is 6. The smallest absolute Gasteiger partial charge is 0.227 e. The van der Waals surface area contributed by atoms with Crippen molar-refractivity contribution < 1.29 is 14.3 Å². The predicted octanol–water partition coefficient (Wildman–Crippen LogP) is 2.06. The number of aromatic nitrogens is 2. The van der Waals surface area contributed by atoms with Gasteiger partial charge in [-0.3, -0.25) is 9.59 Å². The highest BCUT2D eigenvalue weighted by Gasteiger charge is 2.32. The van der Waals surface area contributed by atoms with E-state index in [2.05, 4.69) is 15.1 Å². The molecule has 1 aromatic heterocycles. The number of ether oxygens (including phenoxy) is 1. The molecule has 2 aromatic rings. The molecule has 3 heterocycles. The molecule has 0 N–H and O–H groups in total. The van der Waals surface area contributed by atoms with E-state index in [1.807, 2.05) is 41.3 Å². The highest BCUT2D eigenvalue weighted by Crippen LogP contribution is 2.29. The molecule has 2 aliphatic rings. The molecule has 8 heteroatoms. The first-order valence-corrected chi connectivity index (χ1v) is 10.8. The Balaban J connectivity index is 1.40. The van der Waals surface area contributed by atoms with Gasteiger partial charge >= 0.3 is 0 Å². The van der Waals surface area contributed by atoms with E-state index in [9.17, 15) is 9.59 Å². The van der Waals surface area contributed by atoms with Gasteiger partial charge in [-0.2, -0.15) is 0 Å². The number of methoxy groups -OCH3 is 1. The molecule has 0 radical (unpaired) electrons. The van der Waals surface area contributed by atoms with Crippen LogP contribution in [0.2, 0.25) is 0 Å². The minimum absolute atomic E-state index is 0.0479. The second kappa shape index (κ2) is 9.32. The monoisotopic (exact) mass is 423 g/mol. The van der Waals surface area contributed by atoms with Crippen molar-refractivity contribution in [1.29, 1.82) is 0 Å². The molecule has 2 saturated heterocycles. The van der Waals surface area contributed by atoms with E-state index < -0.39 is 0 Å². The summed E-state index contributed by atoms with van der Waals surface area (Å²) < 4.78 is 5.42. The maximum atomic E-state index is 13.1. The summed E-state index contributed by atoms with van der Waals surface area (Å²) in [5.74, 6) is 1.77. The van der Waals surface area contributed by atoms with Crippen LogP contribution in [0.4, 0.5) is 5.82 Å². The predicted molar refractivity (Wildman–Crippen MR) is 118 cm³/mol. The van der Waals surface area contributed by atoms with Crippen LogP contribution in [0, 0.1) is 5.92 Å². The van der Waals surface area contributed by atoms with Crippen LogP contribution in [0.15, 0.2) is 36.4 Å². The van der Waals surface area contributed by atoms with Crippen molar-refractivity contribution in [2.75, 3.05) is 51.3 Å². The van der Waals surface area contributed by atoms with Crippen molar-refractivity contribution >= 4 is 17.6 Å². The van der Waals surface area contributed by atoms with E-state index in [-0.39, 0.29) is 17.7 Å². The lowest BCUT2D eigenvalue weighted by Crippen LogP contribution is -2.53. The lowest BCUT2D eigenvalue weighted by molar-refractivity contribution is -0.141. The molecular weight excluding hydrogens is 394 g/mol. The zero-order chi connectivity index (χ0) is 21.8. The van der Waals surface area contributed by atoms with Gasteiger partial charge in [0.15, 0.2) is 5.82 Å². The van der Waals surface area contributed by atoms with Gasteiger partial charge in [0.2, 0.25) is 11.8 Å². The number of para-hydroxylation sites is 1. The quantitative estimate of drug-likeness (QED) is 0.749. The number of nitrogens with zero attached hydrogens (tertiary/aromatic N) is 5. The van der Waals surface area contributed by atoms with E-state index in [1.54, 1.807) is 18.9 Å². The summed E-state index contributed by atoms with van der Waals surface area (Å²) in [6.45, 7) is 5.56. The third kappa shape index (κ3) is 4.62. The van der Waals surface area contributed by atoms with E-state index >= 15 is 0 Å². The highest BCUT2D eigenvalue weighted by atomic mass is 16.5. The summed E-state index contributed by atoms with van der Waals surface area (Å²) in [5.41, 5.74) is 1.66. The molecule has 1 atom stereocenters. The lowest BCUT2D eigenvalue weighted by atomic mass is 9.96. The Bertz CT molecular complexity index is 925. The fraction of sp³-hybridized carbons (Fsp3) is 0.478. The summed E-state index contributed by atoms with van der Waals surface area (Å²) in [4.78, 5) is 30.4. The van der Waals surface area contributed by atoms with Gasteiger partial charge in [-0.15, -0.1) is 10.2 Å². The van der Waals surface area contributed by atoms with Crippen LogP contribution < -0.4 is 9.64 Å². The molecule has 8 nitrogen and oxygen atoms in total. The average Bonchev–Trinajstić information content (AvgIpc) is 2.84. The van der Waals surface area contributed by atoms with Gasteiger partial charge in [0.05, 0.1) is 18.7 Å². The Hall–Kier alpha value is -3.16. The maximum absolute atomic E-state index is 13.1. The number of anilines is 1. The Morgan fingerprint density at radius 2 is 1.71 bits per heavy atom. The summed E-state index contributed by atoms with van der Waals surface area (Å²) in [6.07, 6.45) is 1.83. The van der Waals surface area contributed by atoms with Crippen molar-refractivity contribution in [3.05, 3.63) is 36.4 Å². The first kappa shape index (κ1) is 21.1. The molecule has 0 saturated carbocycles. The molecule has 2 amide bonds. The first-order chi connectivity index (χ1) is 15.1. The molecule has 0 spiro atoms. The second-order valence-corrected chi connectivity index (χ2v) is 8.09. The standard InChI is InChI=1S/C23H29N5O3/c1-17(29)26-12-14-27(15-13-26)23(30)18-6-5-11-28(16-18)22-10-9-20(24-25-22)19-7-3-4-8-21(19)31-2/h3-4,7-10,18H,5-6,11-16H2,1-2H3. The van der Waals surface area contributed by atoms with Crippen LogP contribution in [0.5, 0.6) is 5.75 Å². The zero-order valence-corrected chi connectivity index (χ0v) is 18.2. The summed E-state index contributed by atoms with van der Waals surface area (Å²) in [5, 5.41) is 8.85. The van der Waals surface area contributed by atoms with Gasteiger partial charge in [-0.1, -0.05) is 12.1 Å². The first-order valence-electron chi connectivity index (χ1n) is 10.8. The Morgan fingerprint density at radius 3 is 2.39 bits per heavy atom. The molecule has 0 aliphatic carbocycles. The van der Waals surface area contributed by atoms with Crippen LogP contribution in [-0.4, -0.2) is 78.2 Å². The number of carbonyl (C=O) groups is 2. The third-order valence-corrected chi connectivity index (χ3v) is 6.16. The van der Waals surface area contributed by atoms with E-state index in [0.717, 1.165) is 42.2 Å². The highest BCUT2D eigenvalue weighted by molar-refractivity contribution is 5.80. The molecule has 31 heavy (non-hydrogen) atoms. The van der Waals surface area contributed by atoms with Gasteiger partial charge in [-0.25, -0.2) is 0 Å². The van der Waals surface area contributed by atoms with Gasteiger partial charge in [-0.05, 0) is 37.1 Å². The lowest BCUT2D eigenvalue weighted by Gasteiger charge is -2.39. The second-order valence-electron chi connectivity index (χ2n) is 8.09. The molecule has 1 unspecified atom stereocenters. The minimum Gasteiger partial charge on any atom is -0.496 e. The summed E-state index contributed by atoms with van der Waals surface area (Å²) in [7, 11) is 1.64. The molecule has 4 rings (SSSR count). The number of benzene rings is 1. The number of piperazine rings is 1. The maximum Gasteiger partial charge on any atom is 0.227 e. The molecule has 2 aliphatic heterocycles. The van der Waals surface area contributed by atoms with Gasteiger partial charge in [0.1, 0.15) is 5.75 Å². The number of rotatable bonds is 4. The fourth-order valence-electron chi connectivity index (χ4n) is 4.38.